The number of pyridine rings is 1. The van der Waals surface area contributed by atoms with Crippen molar-refractivity contribution in [2.75, 3.05) is 19.6 Å². The quantitative estimate of drug-likeness (QED) is 0.164. The molecular formula is C43H49N7. The summed E-state index contributed by atoms with van der Waals surface area (Å²) in [5, 5.41) is 0. The van der Waals surface area contributed by atoms with Crippen LogP contribution in [0.4, 0.5) is 40.2 Å². The van der Waals surface area contributed by atoms with Gasteiger partial charge in [-0.2, -0.15) is 0 Å². The van der Waals surface area contributed by atoms with Crippen LogP contribution in [-0.2, 0) is 18.3 Å². The Morgan fingerprint density at radius 3 is 2.12 bits per heavy atom. The lowest BCUT2D eigenvalue weighted by atomic mass is 9.52. The molecule has 5 aromatic rings. The highest BCUT2D eigenvalue weighted by Crippen LogP contribution is 2.65. The zero-order valence-corrected chi connectivity index (χ0v) is 30.5. The lowest BCUT2D eigenvalue weighted by molar-refractivity contribution is 0.0807. The SMILES string of the molecule is CCc1cnc2c(n1)N(c1ccccc1)C1N2c2ccccc2C(CC)(Cc2ccccc2N2c3ncccc3N(C(C)C)C2C)C1(C)CC. The molecule has 3 aliphatic heterocycles. The lowest BCUT2D eigenvalue weighted by Crippen LogP contribution is -2.63. The zero-order chi connectivity index (χ0) is 34.8. The normalized spacial score (nSPS) is 23.6. The smallest absolute Gasteiger partial charge is 0.178 e. The van der Waals surface area contributed by atoms with E-state index < -0.39 is 0 Å². The number of para-hydroxylation sites is 3. The zero-order valence-electron chi connectivity index (χ0n) is 30.5. The van der Waals surface area contributed by atoms with E-state index in [2.05, 4.69) is 159 Å². The second-order valence-corrected chi connectivity index (χ2v) is 14.7. The minimum absolute atomic E-state index is 0.0245. The van der Waals surface area contributed by atoms with Crippen molar-refractivity contribution in [3.8, 4) is 0 Å². The molecule has 0 radical (unpaired) electrons. The molecular weight excluding hydrogens is 615 g/mol. The minimum atomic E-state index is -0.218. The van der Waals surface area contributed by atoms with Gasteiger partial charge >= 0.3 is 0 Å². The van der Waals surface area contributed by atoms with Gasteiger partial charge in [0.2, 0.25) is 0 Å². The van der Waals surface area contributed by atoms with Crippen molar-refractivity contribution in [1.82, 2.24) is 15.0 Å². The van der Waals surface area contributed by atoms with Crippen molar-refractivity contribution in [2.45, 2.75) is 97.9 Å². The van der Waals surface area contributed by atoms with E-state index in [1.165, 1.54) is 28.2 Å². The van der Waals surface area contributed by atoms with Crippen LogP contribution in [-0.4, -0.2) is 33.3 Å². The average molecular weight is 664 g/mol. The van der Waals surface area contributed by atoms with E-state index in [9.17, 15) is 0 Å². The largest absolute Gasteiger partial charge is 0.346 e. The summed E-state index contributed by atoms with van der Waals surface area (Å²) in [6.07, 6.45) is 7.69. The predicted octanol–water partition coefficient (Wildman–Crippen LogP) is 10.1. The molecule has 0 aliphatic carbocycles. The second-order valence-electron chi connectivity index (χ2n) is 14.7. The summed E-state index contributed by atoms with van der Waals surface area (Å²) in [5.74, 6) is 2.92. The van der Waals surface area contributed by atoms with Gasteiger partial charge in [-0.3, -0.25) is 0 Å². The Kier molecular flexibility index (Phi) is 7.85. The van der Waals surface area contributed by atoms with Gasteiger partial charge in [-0.25, -0.2) is 15.0 Å². The molecule has 0 fully saturated rings. The molecule has 0 amide bonds. The van der Waals surface area contributed by atoms with Crippen LogP contribution < -0.4 is 19.6 Å². The van der Waals surface area contributed by atoms with E-state index >= 15 is 0 Å². The highest BCUT2D eigenvalue weighted by Gasteiger charge is 2.63. The molecule has 0 N–H and O–H groups in total. The topological polar surface area (TPSA) is 51.6 Å². The van der Waals surface area contributed by atoms with Crippen molar-refractivity contribution < 1.29 is 0 Å². The molecule has 0 saturated heterocycles. The number of fused-ring (bicyclic) bond motifs is 6. The van der Waals surface area contributed by atoms with E-state index in [4.69, 9.17) is 15.0 Å². The maximum atomic E-state index is 5.30. The molecule has 0 saturated carbocycles. The number of nitrogens with zero attached hydrogens (tertiary/aromatic N) is 7. The predicted molar refractivity (Wildman–Crippen MR) is 206 cm³/mol. The highest BCUT2D eigenvalue weighted by atomic mass is 15.5. The first-order valence-electron chi connectivity index (χ1n) is 18.5. The third-order valence-electron chi connectivity index (χ3n) is 12.2. The van der Waals surface area contributed by atoms with Gasteiger partial charge in [0.25, 0.3) is 0 Å². The van der Waals surface area contributed by atoms with Crippen LogP contribution in [0.5, 0.6) is 0 Å². The molecule has 8 rings (SSSR count). The van der Waals surface area contributed by atoms with Crippen molar-refractivity contribution in [3.63, 3.8) is 0 Å². The van der Waals surface area contributed by atoms with Crippen LogP contribution in [0.15, 0.2) is 103 Å². The third kappa shape index (κ3) is 4.44. The van der Waals surface area contributed by atoms with E-state index in [1.807, 2.05) is 12.4 Å². The first-order valence-corrected chi connectivity index (χ1v) is 18.5. The third-order valence-corrected chi connectivity index (χ3v) is 12.2. The minimum Gasteiger partial charge on any atom is -0.346 e. The van der Waals surface area contributed by atoms with Crippen molar-refractivity contribution in [1.29, 1.82) is 0 Å². The molecule has 7 nitrogen and oxygen atoms in total. The molecule has 3 aromatic carbocycles. The summed E-state index contributed by atoms with van der Waals surface area (Å²) in [6, 6.07) is 33.7. The van der Waals surface area contributed by atoms with Crippen LogP contribution in [0.3, 0.4) is 0 Å². The summed E-state index contributed by atoms with van der Waals surface area (Å²) >= 11 is 0. The van der Waals surface area contributed by atoms with Gasteiger partial charge < -0.3 is 19.6 Å². The second kappa shape index (κ2) is 12.1. The molecule has 2 aromatic heterocycles. The summed E-state index contributed by atoms with van der Waals surface area (Å²) < 4.78 is 0. The van der Waals surface area contributed by atoms with Gasteiger partial charge in [-0.1, -0.05) is 82.3 Å². The van der Waals surface area contributed by atoms with E-state index in [-0.39, 0.29) is 23.2 Å². The van der Waals surface area contributed by atoms with Crippen LogP contribution in [0.2, 0.25) is 0 Å². The van der Waals surface area contributed by atoms with Crippen molar-refractivity contribution in [3.05, 3.63) is 120 Å². The Morgan fingerprint density at radius 1 is 0.700 bits per heavy atom. The van der Waals surface area contributed by atoms with E-state index in [1.54, 1.807) is 0 Å². The molecule has 256 valence electrons. The maximum absolute atomic E-state index is 5.30. The number of aromatic nitrogens is 3. The highest BCUT2D eigenvalue weighted by molar-refractivity contribution is 5.87. The first kappa shape index (κ1) is 32.3. The summed E-state index contributed by atoms with van der Waals surface area (Å²) in [5.41, 5.74) is 8.12. The van der Waals surface area contributed by atoms with Crippen LogP contribution in [0.1, 0.15) is 78.1 Å². The number of hydrogen-bond donors (Lipinski definition) is 0. The Hall–Kier alpha value is -4.91. The molecule has 7 heteroatoms. The number of benzene rings is 3. The number of anilines is 7. The van der Waals surface area contributed by atoms with Gasteiger partial charge in [0.15, 0.2) is 17.5 Å². The number of aryl methyl sites for hydroxylation is 1. The van der Waals surface area contributed by atoms with Gasteiger partial charge in [0.1, 0.15) is 12.3 Å². The maximum Gasteiger partial charge on any atom is 0.178 e. The standard InChI is InChI=1S/C43H49N7/c1-8-32-28-45-39-40(46-32)49(33-20-12-11-13-21-33)41-42(7,9-2)43(10-3,34-22-15-17-24-36(34)50(39)41)27-31-19-14-16-23-35(31)48-30(6)47(29(4)5)37-25-18-26-44-38(37)48/h11-26,28-30,41H,8-10,27H2,1-7H3. The molecule has 3 aliphatic rings. The Labute approximate surface area is 297 Å². The molecule has 0 bridgehead atoms. The van der Waals surface area contributed by atoms with E-state index in [0.717, 1.165) is 54.5 Å². The van der Waals surface area contributed by atoms with E-state index in [0.29, 0.717) is 6.04 Å². The summed E-state index contributed by atoms with van der Waals surface area (Å²) in [4.78, 5) is 25.4. The van der Waals surface area contributed by atoms with Crippen LogP contribution in [0.25, 0.3) is 0 Å². The molecule has 0 spiro atoms. The Bertz CT molecular complexity index is 2030. The van der Waals surface area contributed by atoms with Crippen LogP contribution in [0, 0.1) is 5.41 Å². The van der Waals surface area contributed by atoms with Crippen molar-refractivity contribution in [2.24, 2.45) is 5.41 Å². The fourth-order valence-electron chi connectivity index (χ4n) is 9.63. The first-order chi connectivity index (χ1) is 24.3. The lowest BCUT2D eigenvalue weighted by Gasteiger charge is -2.60. The Balaban J connectivity index is 1.34. The van der Waals surface area contributed by atoms with Gasteiger partial charge in [-0.15, -0.1) is 0 Å². The number of rotatable bonds is 8. The fraction of sp³-hybridized carbons (Fsp3) is 0.372. The average Bonchev–Trinajstić information content (AvgIpc) is 3.65. The number of hydrogen-bond acceptors (Lipinski definition) is 7. The summed E-state index contributed by atoms with van der Waals surface area (Å²) in [7, 11) is 0. The fourth-order valence-corrected chi connectivity index (χ4v) is 9.63. The van der Waals surface area contributed by atoms with Crippen LogP contribution >= 0.6 is 0 Å². The molecule has 50 heavy (non-hydrogen) atoms. The van der Waals surface area contributed by atoms with Crippen molar-refractivity contribution >= 4 is 40.2 Å². The Morgan fingerprint density at radius 2 is 1.40 bits per heavy atom. The monoisotopic (exact) mass is 663 g/mol. The summed E-state index contributed by atoms with van der Waals surface area (Å²) in [6.45, 7) is 16.3. The molecule has 4 atom stereocenters. The van der Waals surface area contributed by atoms with Gasteiger partial charge in [0, 0.05) is 40.1 Å². The van der Waals surface area contributed by atoms with Gasteiger partial charge in [-0.05, 0) is 94.0 Å². The van der Waals surface area contributed by atoms with Gasteiger partial charge in [0.05, 0.1) is 17.6 Å². The molecule has 4 unspecified atom stereocenters. The molecule has 5 heterocycles.